The minimum Gasteiger partial charge on any atom is -0.309 e. The molecule has 1 amide bonds. The molecule has 0 saturated heterocycles. The zero-order valence-electron chi connectivity index (χ0n) is 11.1. The molecule has 1 aromatic carbocycles. The van der Waals surface area contributed by atoms with Crippen LogP contribution in [0.1, 0.15) is 11.3 Å². The topological polar surface area (TPSA) is 69.8 Å². The summed E-state index contributed by atoms with van der Waals surface area (Å²) in [6.45, 7) is 1.89. The van der Waals surface area contributed by atoms with Crippen LogP contribution in [0.5, 0.6) is 0 Å². The number of aromatic nitrogens is 2. The second-order valence-electron chi connectivity index (χ2n) is 4.46. The SMILES string of the molecule is CNC(Cc1ccccc1)C(=O)Nc1cc(C)[nH]n1. The van der Waals surface area contributed by atoms with Crippen molar-refractivity contribution in [2.45, 2.75) is 19.4 Å². The number of aryl methyl sites for hydroxylation is 1. The number of likely N-dealkylation sites (N-methyl/N-ethyl adjacent to an activating group) is 1. The largest absolute Gasteiger partial charge is 0.309 e. The first-order chi connectivity index (χ1) is 9.19. The van der Waals surface area contributed by atoms with Crippen molar-refractivity contribution in [3.63, 3.8) is 0 Å². The van der Waals surface area contributed by atoms with Crippen LogP contribution in [0.4, 0.5) is 5.82 Å². The van der Waals surface area contributed by atoms with Crippen LogP contribution in [0.2, 0.25) is 0 Å². The first kappa shape index (κ1) is 13.3. The Kier molecular flexibility index (Phi) is 4.30. The van der Waals surface area contributed by atoms with E-state index in [0.717, 1.165) is 11.3 Å². The molecule has 100 valence electrons. The van der Waals surface area contributed by atoms with E-state index in [1.807, 2.05) is 37.3 Å². The van der Waals surface area contributed by atoms with E-state index in [-0.39, 0.29) is 11.9 Å². The van der Waals surface area contributed by atoms with E-state index in [4.69, 9.17) is 0 Å². The van der Waals surface area contributed by atoms with E-state index in [0.29, 0.717) is 12.2 Å². The van der Waals surface area contributed by atoms with Crippen molar-refractivity contribution in [3.8, 4) is 0 Å². The molecule has 1 aromatic heterocycles. The molecular formula is C14H18N4O. The van der Waals surface area contributed by atoms with E-state index in [1.165, 1.54) is 0 Å². The smallest absolute Gasteiger partial charge is 0.243 e. The molecule has 19 heavy (non-hydrogen) atoms. The number of carbonyl (C=O) groups is 1. The number of rotatable bonds is 5. The molecule has 3 N–H and O–H groups in total. The summed E-state index contributed by atoms with van der Waals surface area (Å²) in [6, 6.07) is 11.4. The number of hydrogen-bond donors (Lipinski definition) is 3. The molecule has 0 aliphatic rings. The molecule has 5 nitrogen and oxygen atoms in total. The summed E-state index contributed by atoms with van der Waals surface area (Å²) < 4.78 is 0. The average molecular weight is 258 g/mol. The highest BCUT2D eigenvalue weighted by Gasteiger charge is 2.17. The van der Waals surface area contributed by atoms with E-state index < -0.39 is 0 Å². The van der Waals surface area contributed by atoms with Crippen LogP contribution in [0.3, 0.4) is 0 Å². The molecule has 0 fully saturated rings. The number of anilines is 1. The van der Waals surface area contributed by atoms with Gasteiger partial charge in [0.15, 0.2) is 5.82 Å². The van der Waals surface area contributed by atoms with Gasteiger partial charge in [-0.3, -0.25) is 9.89 Å². The highest BCUT2D eigenvalue weighted by atomic mass is 16.2. The predicted molar refractivity (Wildman–Crippen MR) is 74.9 cm³/mol. The van der Waals surface area contributed by atoms with Crippen LogP contribution in [-0.4, -0.2) is 29.2 Å². The molecule has 5 heteroatoms. The summed E-state index contributed by atoms with van der Waals surface area (Å²) in [5.74, 6) is 0.466. The van der Waals surface area contributed by atoms with Gasteiger partial charge in [-0.25, -0.2) is 0 Å². The molecule has 2 rings (SSSR count). The maximum Gasteiger partial charge on any atom is 0.243 e. The molecule has 1 heterocycles. The van der Waals surface area contributed by atoms with E-state index in [9.17, 15) is 4.79 Å². The molecule has 1 atom stereocenters. The van der Waals surface area contributed by atoms with Gasteiger partial charge in [-0.1, -0.05) is 30.3 Å². The Morgan fingerprint density at radius 1 is 1.37 bits per heavy atom. The summed E-state index contributed by atoms with van der Waals surface area (Å²) in [5, 5.41) is 12.6. The van der Waals surface area contributed by atoms with Gasteiger partial charge < -0.3 is 10.6 Å². The van der Waals surface area contributed by atoms with Crippen LogP contribution in [0, 0.1) is 6.92 Å². The quantitative estimate of drug-likeness (QED) is 0.761. The lowest BCUT2D eigenvalue weighted by molar-refractivity contribution is -0.118. The third-order valence-electron chi connectivity index (χ3n) is 2.90. The summed E-state index contributed by atoms with van der Waals surface area (Å²) in [4.78, 5) is 12.1. The minimum atomic E-state index is -0.278. The number of carbonyl (C=O) groups excluding carboxylic acids is 1. The number of H-pyrrole nitrogens is 1. The van der Waals surface area contributed by atoms with Crippen LogP contribution >= 0.6 is 0 Å². The molecule has 0 bridgehead atoms. The van der Waals surface area contributed by atoms with Gasteiger partial charge in [-0.15, -0.1) is 0 Å². The number of aromatic amines is 1. The maximum absolute atomic E-state index is 12.1. The highest BCUT2D eigenvalue weighted by Crippen LogP contribution is 2.07. The lowest BCUT2D eigenvalue weighted by Gasteiger charge is -2.15. The molecule has 0 spiro atoms. The number of hydrogen-bond acceptors (Lipinski definition) is 3. The van der Waals surface area contributed by atoms with Crippen LogP contribution in [-0.2, 0) is 11.2 Å². The van der Waals surface area contributed by atoms with E-state index >= 15 is 0 Å². The van der Waals surface area contributed by atoms with Crippen LogP contribution in [0.15, 0.2) is 36.4 Å². The van der Waals surface area contributed by atoms with Gasteiger partial charge in [0.1, 0.15) is 0 Å². The fourth-order valence-electron chi connectivity index (χ4n) is 1.87. The van der Waals surface area contributed by atoms with Crippen LogP contribution < -0.4 is 10.6 Å². The maximum atomic E-state index is 12.1. The molecule has 0 saturated carbocycles. The Balaban J connectivity index is 1.99. The monoisotopic (exact) mass is 258 g/mol. The van der Waals surface area contributed by atoms with Gasteiger partial charge in [0.05, 0.1) is 6.04 Å². The molecule has 0 radical (unpaired) electrons. The second kappa shape index (κ2) is 6.15. The Bertz CT molecular complexity index is 535. The second-order valence-corrected chi connectivity index (χ2v) is 4.46. The summed E-state index contributed by atoms with van der Waals surface area (Å²) in [5.41, 5.74) is 2.04. The average Bonchev–Trinajstić information content (AvgIpc) is 2.82. The third kappa shape index (κ3) is 3.66. The van der Waals surface area contributed by atoms with Crippen LogP contribution in [0.25, 0.3) is 0 Å². The number of nitrogens with zero attached hydrogens (tertiary/aromatic N) is 1. The molecule has 0 aliphatic carbocycles. The van der Waals surface area contributed by atoms with E-state index in [1.54, 1.807) is 13.1 Å². The predicted octanol–water partition coefficient (Wildman–Crippen LogP) is 1.49. The Labute approximate surface area is 112 Å². The van der Waals surface area contributed by atoms with Crippen molar-refractivity contribution in [1.29, 1.82) is 0 Å². The molecular weight excluding hydrogens is 240 g/mol. The van der Waals surface area contributed by atoms with Gasteiger partial charge in [0.2, 0.25) is 5.91 Å². The molecule has 1 unspecified atom stereocenters. The Hall–Kier alpha value is -2.14. The highest BCUT2D eigenvalue weighted by molar-refractivity contribution is 5.94. The zero-order valence-corrected chi connectivity index (χ0v) is 11.1. The third-order valence-corrected chi connectivity index (χ3v) is 2.90. The fourth-order valence-corrected chi connectivity index (χ4v) is 1.87. The first-order valence-electron chi connectivity index (χ1n) is 6.23. The number of nitrogens with one attached hydrogen (secondary N) is 3. The normalized spacial score (nSPS) is 12.1. The van der Waals surface area contributed by atoms with Gasteiger partial charge in [-0.2, -0.15) is 5.10 Å². The van der Waals surface area contributed by atoms with Crippen molar-refractivity contribution in [1.82, 2.24) is 15.5 Å². The van der Waals surface area contributed by atoms with Crippen molar-refractivity contribution >= 4 is 11.7 Å². The minimum absolute atomic E-state index is 0.0853. The summed E-state index contributed by atoms with van der Waals surface area (Å²) in [6.07, 6.45) is 0.645. The van der Waals surface area contributed by atoms with E-state index in [2.05, 4.69) is 20.8 Å². The van der Waals surface area contributed by atoms with Crippen molar-refractivity contribution in [3.05, 3.63) is 47.7 Å². The summed E-state index contributed by atoms with van der Waals surface area (Å²) in [7, 11) is 1.78. The lowest BCUT2D eigenvalue weighted by Crippen LogP contribution is -2.40. The fraction of sp³-hybridized carbons (Fsp3) is 0.286. The van der Waals surface area contributed by atoms with Gasteiger partial charge in [0, 0.05) is 11.8 Å². The zero-order chi connectivity index (χ0) is 13.7. The van der Waals surface area contributed by atoms with Crippen molar-refractivity contribution in [2.24, 2.45) is 0 Å². The Morgan fingerprint density at radius 2 is 2.11 bits per heavy atom. The lowest BCUT2D eigenvalue weighted by atomic mass is 10.1. The van der Waals surface area contributed by atoms with Gasteiger partial charge in [-0.05, 0) is 26.0 Å². The van der Waals surface area contributed by atoms with Crippen molar-refractivity contribution in [2.75, 3.05) is 12.4 Å². The molecule has 0 aliphatic heterocycles. The number of amides is 1. The van der Waals surface area contributed by atoms with Gasteiger partial charge >= 0.3 is 0 Å². The standard InChI is InChI=1S/C14H18N4O/c1-10-8-13(18-17-10)16-14(19)12(15-2)9-11-6-4-3-5-7-11/h3-8,12,15H,9H2,1-2H3,(H2,16,17,18,19). The van der Waals surface area contributed by atoms with Crippen molar-refractivity contribution < 1.29 is 4.79 Å². The Morgan fingerprint density at radius 3 is 2.68 bits per heavy atom. The van der Waals surface area contributed by atoms with Gasteiger partial charge in [0.25, 0.3) is 0 Å². The molecule has 2 aromatic rings. The first-order valence-corrected chi connectivity index (χ1v) is 6.23. The summed E-state index contributed by atoms with van der Waals surface area (Å²) >= 11 is 0. The number of benzene rings is 1.